The van der Waals surface area contributed by atoms with E-state index in [-0.39, 0.29) is 6.61 Å². The first kappa shape index (κ1) is 24.3. The number of rotatable bonds is 9. The van der Waals surface area contributed by atoms with E-state index in [0.29, 0.717) is 29.6 Å². The maximum absolute atomic E-state index is 12.3. The highest BCUT2D eigenvalue weighted by atomic mass is 79.9. The normalized spacial score (nSPS) is 10.5. The summed E-state index contributed by atoms with van der Waals surface area (Å²) < 4.78 is 12.0. The molecule has 0 spiro atoms. The quantitative estimate of drug-likeness (QED) is 0.395. The van der Waals surface area contributed by atoms with Gasteiger partial charge in [-0.05, 0) is 69.4 Å². The summed E-state index contributed by atoms with van der Waals surface area (Å²) in [5, 5.41) is 0. The van der Waals surface area contributed by atoms with Crippen LogP contribution in [0.1, 0.15) is 41.3 Å². The van der Waals surface area contributed by atoms with Crippen LogP contribution < -0.4 is 20.3 Å². The zero-order valence-corrected chi connectivity index (χ0v) is 20.2. The molecule has 0 aliphatic heterocycles. The predicted octanol–water partition coefficient (Wildman–Crippen LogP) is 5.03. The van der Waals surface area contributed by atoms with Crippen LogP contribution in [0.2, 0.25) is 0 Å². The average Bonchev–Trinajstić information content (AvgIpc) is 2.82. The van der Waals surface area contributed by atoms with E-state index in [1.54, 1.807) is 24.3 Å². The lowest BCUT2D eigenvalue weighted by atomic mass is 10.0. The number of benzene rings is 3. The molecule has 3 aromatic carbocycles. The summed E-state index contributed by atoms with van der Waals surface area (Å²) in [6, 6.07) is 22.6. The van der Waals surface area contributed by atoms with Gasteiger partial charge in [-0.25, -0.2) is 0 Å². The van der Waals surface area contributed by atoms with Gasteiger partial charge in [-0.2, -0.15) is 0 Å². The largest absolute Gasteiger partial charge is 0.493 e. The number of hydrazine groups is 1. The molecule has 3 aromatic rings. The summed E-state index contributed by atoms with van der Waals surface area (Å²) >= 11 is 3.45. The highest BCUT2D eigenvalue weighted by Crippen LogP contribution is 2.28. The first-order chi connectivity index (χ1) is 15.9. The Balaban J connectivity index is 1.40. The van der Waals surface area contributed by atoms with Crippen molar-refractivity contribution in [1.82, 2.24) is 10.9 Å². The van der Waals surface area contributed by atoms with Crippen LogP contribution in [0.4, 0.5) is 0 Å². The van der Waals surface area contributed by atoms with Gasteiger partial charge in [0, 0.05) is 12.0 Å². The number of hydrogen-bond donors (Lipinski definition) is 2. The fourth-order valence-corrected chi connectivity index (χ4v) is 3.52. The van der Waals surface area contributed by atoms with E-state index in [0.717, 1.165) is 10.9 Å². The van der Waals surface area contributed by atoms with Gasteiger partial charge in [-0.15, -0.1) is 0 Å². The van der Waals surface area contributed by atoms with Gasteiger partial charge in [0.2, 0.25) is 0 Å². The molecule has 0 bridgehead atoms. The monoisotopic (exact) mass is 510 g/mol. The molecule has 0 heterocycles. The third-order valence-electron chi connectivity index (χ3n) is 4.92. The SMILES string of the molecule is CC(C)c1ccc(OCC(=O)NNC(=O)c2ccc(OCCc3ccccc3)cc2)c(Br)c1. The van der Waals surface area contributed by atoms with E-state index in [9.17, 15) is 9.59 Å². The molecule has 0 saturated carbocycles. The lowest BCUT2D eigenvalue weighted by Gasteiger charge is -2.12. The van der Waals surface area contributed by atoms with Crippen molar-refractivity contribution in [3.63, 3.8) is 0 Å². The van der Waals surface area contributed by atoms with Crippen molar-refractivity contribution >= 4 is 27.7 Å². The minimum atomic E-state index is -0.468. The summed E-state index contributed by atoms with van der Waals surface area (Å²) in [6.07, 6.45) is 0.801. The van der Waals surface area contributed by atoms with Gasteiger partial charge < -0.3 is 9.47 Å². The van der Waals surface area contributed by atoms with Crippen molar-refractivity contribution < 1.29 is 19.1 Å². The molecule has 2 N–H and O–H groups in total. The Kier molecular flexibility index (Phi) is 8.89. The Hall–Kier alpha value is -3.32. The zero-order valence-electron chi connectivity index (χ0n) is 18.6. The fourth-order valence-electron chi connectivity index (χ4n) is 3.01. The van der Waals surface area contributed by atoms with Gasteiger partial charge in [0.25, 0.3) is 11.8 Å². The zero-order chi connectivity index (χ0) is 23.6. The van der Waals surface area contributed by atoms with Gasteiger partial charge in [-0.1, -0.05) is 50.2 Å². The molecule has 172 valence electrons. The Morgan fingerprint density at radius 1 is 0.909 bits per heavy atom. The summed E-state index contributed by atoms with van der Waals surface area (Å²) in [7, 11) is 0. The number of amides is 2. The number of ether oxygens (including phenoxy) is 2. The van der Waals surface area contributed by atoms with Crippen LogP contribution >= 0.6 is 15.9 Å². The predicted molar refractivity (Wildman–Crippen MR) is 131 cm³/mol. The molecular formula is C26H27BrN2O4. The maximum Gasteiger partial charge on any atom is 0.276 e. The van der Waals surface area contributed by atoms with Gasteiger partial charge in [0.15, 0.2) is 6.61 Å². The number of carbonyl (C=O) groups excluding carboxylic acids is 2. The van der Waals surface area contributed by atoms with Crippen LogP contribution in [0.3, 0.4) is 0 Å². The smallest absolute Gasteiger partial charge is 0.276 e. The second-order valence-corrected chi connectivity index (χ2v) is 8.60. The Labute approximate surface area is 202 Å². The standard InChI is InChI=1S/C26H27BrN2O4/c1-18(2)21-10-13-24(23(27)16-21)33-17-25(30)28-29-26(31)20-8-11-22(12-9-20)32-15-14-19-6-4-3-5-7-19/h3-13,16,18H,14-15,17H2,1-2H3,(H,28,30)(H,29,31). The van der Waals surface area contributed by atoms with E-state index in [2.05, 4.69) is 52.8 Å². The van der Waals surface area contributed by atoms with E-state index >= 15 is 0 Å². The Morgan fingerprint density at radius 2 is 1.64 bits per heavy atom. The molecule has 0 aliphatic carbocycles. The van der Waals surface area contributed by atoms with Crippen molar-refractivity contribution in [1.29, 1.82) is 0 Å². The number of carbonyl (C=O) groups is 2. The van der Waals surface area contributed by atoms with E-state index < -0.39 is 11.8 Å². The molecule has 0 unspecified atom stereocenters. The van der Waals surface area contributed by atoms with E-state index in [4.69, 9.17) is 9.47 Å². The number of nitrogens with one attached hydrogen (secondary N) is 2. The van der Waals surface area contributed by atoms with Crippen molar-refractivity contribution in [3.8, 4) is 11.5 Å². The first-order valence-corrected chi connectivity index (χ1v) is 11.5. The second kappa shape index (κ2) is 12.1. The third-order valence-corrected chi connectivity index (χ3v) is 5.54. The summed E-state index contributed by atoms with van der Waals surface area (Å²) in [6.45, 7) is 4.52. The van der Waals surface area contributed by atoms with E-state index in [1.807, 2.05) is 36.4 Å². The lowest BCUT2D eigenvalue weighted by Crippen LogP contribution is -2.43. The molecule has 0 atom stereocenters. The molecule has 0 aliphatic rings. The molecule has 0 aromatic heterocycles. The molecule has 33 heavy (non-hydrogen) atoms. The first-order valence-electron chi connectivity index (χ1n) is 10.7. The molecule has 0 radical (unpaired) electrons. The van der Waals surface area contributed by atoms with Crippen LogP contribution in [-0.2, 0) is 11.2 Å². The Morgan fingerprint density at radius 3 is 2.30 bits per heavy atom. The highest BCUT2D eigenvalue weighted by molar-refractivity contribution is 9.10. The summed E-state index contributed by atoms with van der Waals surface area (Å²) in [5.74, 6) is 0.729. The number of hydrogen-bond acceptors (Lipinski definition) is 4. The lowest BCUT2D eigenvalue weighted by molar-refractivity contribution is -0.123. The van der Waals surface area contributed by atoms with Gasteiger partial charge in [-0.3, -0.25) is 20.4 Å². The van der Waals surface area contributed by atoms with Gasteiger partial charge >= 0.3 is 0 Å². The van der Waals surface area contributed by atoms with Crippen LogP contribution in [0.5, 0.6) is 11.5 Å². The Bertz CT molecular complexity index is 1070. The molecular weight excluding hydrogens is 484 g/mol. The second-order valence-electron chi connectivity index (χ2n) is 7.74. The van der Waals surface area contributed by atoms with Crippen molar-refractivity contribution in [2.75, 3.05) is 13.2 Å². The molecule has 7 heteroatoms. The maximum atomic E-state index is 12.3. The highest BCUT2D eigenvalue weighted by Gasteiger charge is 2.10. The van der Waals surface area contributed by atoms with Gasteiger partial charge in [0.05, 0.1) is 11.1 Å². The number of halogens is 1. The molecule has 6 nitrogen and oxygen atoms in total. The summed E-state index contributed by atoms with van der Waals surface area (Å²) in [4.78, 5) is 24.3. The molecule has 0 fully saturated rings. The molecule has 2 amide bonds. The van der Waals surface area contributed by atoms with Crippen LogP contribution in [0.15, 0.2) is 77.3 Å². The van der Waals surface area contributed by atoms with E-state index in [1.165, 1.54) is 11.1 Å². The fraction of sp³-hybridized carbons (Fsp3) is 0.231. The minimum absolute atomic E-state index is 0.228. The van der Waals surface area contributed by atoms with Crippen molar-refractivity contribution in [2.24, 2.45) is 0 Å². The minimum Gasteiger partial charge on any atom is -0.493 e. The summed E-state index contributed by atoms with van der Waals surface area (Å²) in [5.41, 5.74) is 7.51. The van der Waals surface area contributed by atoms with Crippen LogP contribution in [0.25, 0.3) is 0 Å². The average molecular weight is 511 g/mol. The van der Waals surface area contributed by atoms with Crippen molar-refractivity contribution in [3.05, 3.63) is 94.0 Å². The van der Waals surface area contributed by atoms with Crippen LogP contribution in [0, 0.1) is 0 Å². The molecule has 0 saturated heterocycles. The molecule has 3 rings (SSSR count). The van der Waals surface area contributed by atoms with Crippen molar-refractivity contribution in [2.45, 2.75) is 26.2 Å². The van der Waals surface area contributed by atoms with Gasteiger partial charge in [0.1, 0.15) is 11.5 Å². The third kappa shape index (κ3) is 7.64. The topological polar surface area (TPSA) is 76.7 Å². The van der Waals surface area contributed by atoms with Crippen LogP contribution in [-0.4, -0.2) is 25.0 Å².